The number of hydrogen-bond donors (Lipinski definition) is 3. The SMILES string of the molecule is NC(=O)C1CCN(c2cnc(N)cc2C(=O)O)CC1. The van der Waals surface area contributed by atoms with Crippen LogP contribution in [-0.4, -0.2) is 35.1 Å². The monoisotopic (exact) mass is 264 g/mol. The maximum Gasteiger partial charge on any atom is 0.338 e. The molecule has 1 aromatic heterocycles. The Morgan fingerprint density at radius 3 is 2.53 bits per heavy atom. The van der Waals surface area contributed by atoms with E-state index in [1.54, 1.807) is 0 Å². The maximum absolute atomic E-state index is 11.2. The second kappa shape index (κ2) is 5.13. The van der Waals surface area contributed by atoms with Crippen molar-refractivity contribution in [1.29, 1.82) is 0 Å². The number of rotatable bonds is 3. The highest BCUT2D eigenvalue weighted by molar-refractivity contribution is 5.95. The number of carboxylic acids is 1. The van der Waals surface area contributed by atoms with Crippen molar-refractivity contribution in [2.24, 2.45) is 11.7 Å². The van der Waals surface area contributed by atoms with Crippen molar-refractivity contribution in [2.45, 2.75) is 12.8 Å². The molecular weight excluding hydrogens is 248 g/mol. The number of carbonyl (C=O) groups is 2. The minimum Gasteiger partial charge on any atom is -0.478 e. The first-order chi connectivity index (χ1) is 8.99. The van der Waals surface area contributed by atoms with Crippen molar-refractivity contribution < 1.29 is 14.7 Å². The van der Waals surface area contributed by atoms with Crippen LogP contribution in [0.25, 0.3) is 0 Å². The zero-order valence-electron chi connectivity index (χ0n) is 10.4. The first-order valence-electron chi connectivity index (χ1n) is 6.02. The average Bonchev–Trinajstić information content (AvgIpc) is 2.38. The molecule has 1 saturated heterocycles. The minimum absolute atomic E-state index is 0.130. The van der Waals surface area contributed by atoms with Gasteiger partial charge in [0.2, 0.25) is 5.91 Å². The smallest absolute Gasteiger partial charge is 0.338 e. The topological polar surface area (TPSA) is 123 Å². The van der Waals surface area contributed by atoms with E-state index >= 15 is 0 Å². The van der Waals surface area contributed by atoms with E-state index in [0.29, 0.717) is 31.6 Å². The highest BCUT2D eigenvalue weighted by atomic mass is 16.4. The Kier molecular flexibility index (Phi) is 3.55. The van der Waals surface area contributed by atoms with Gasteiger partial charge >= 0.3 is 5.97 Å². The lowest BCUT2D eigenvalue weighted by molar-refractivity contribution is -0.122. The summed E-state index contributed by atoms with van der Waals surface area (Å²) in [5.41, 5.74) is 11.4. The van der Waals surface area contributed by atoms with E-state index in [2.05, 4.69) is 4.98 Å². The lowest BCUT2D eigenvalue weighted by Gasteiger charge is -2.32. The Morgan fingerprint density at radius 2 is 2.00 bits per heavy atom. The molecule has 0 aliphatic carbocycles. The van der Waals surface area contributed by atoms with Gasteiger partial charge < -0.3 is 21.5 Å². The molecule has 1 aromatic rings. The number of aromatic nitrogens is 1. The van der Waals surface area contributed by atoms with Crippen LogP contribution >= 0.6 is 0 Å². The third-order valence-corrected chi connectivity index (χ3v) is 3.37. The van der Waals surface area contributed by atoms with Gasteiger partial charge in [-0.3, -0.25) is 4.79 Å². The summed E-state index contributed by atoms with van der Waals surface area (Å²) in [6.07, 6.45) is 2.71. The van der Waals surface area contributed by atoms with Crippen LogP contribution in [0.2, 0.25) is 0 Å². The van der Waals surface area contributed by atoms with E-state index in [4.69, 9.17) is 11.5 Å². The van der Waals surface area contributed by atoms with Gasteiger partial charge in [0.05, 0.1) is 17.4 Å². The molecule has 1 aliphatic rings. The van der Waals surface area contributed by atoms with Gasteiger partial charge in [-0.25, -0.2) is 9.78 Å². The fourth-order valence-corrected chi connectivity index (χ4v) is 2.29. The Bertz CT molecular complexity index is 510. The largest absolute Gasteiger partial charge is 0.478 e. The number of carbonyl (C=O) groups excluding carboxylic acids is 1. The number of nitrogens with zero attached hydrogens (tertiary/aromatic N) is 2. The molecule has 1 fully saturated rings. The summed E-state index contributed by atoms with van der Waals surface area (Å²) in [6.45, 7) is 1.17. The number of piperidine rings is 1. The Hall–Kier alpha value is -2.31. The van der Waals surface area contributed by atoms with Crippen molar-refractivity contribution in [3.63, 3.8) is 0 Å². The molecule has 2 rings (SSSR count). The number of anilines is 2. The van der Waals surface area contributed by atoms with E-state index in [0.717, 1.165) is 0 Å². The summed E-state index contributed by atoms with van der Waals surface area (Å²) < 4.78 is 0. The second-order valence-corrected chi connectivity index (χ2v) is 4.60. The van der Waals surface area contributed by atoms with Gasteiger partial charge in [0.1, 0.15) is 5.82 Å². The molecule has 0 spiro atoms. The highest BCUT2D eigenvalue weighted by Crippen LogP contribution is 2.26. The predicted octanol–water partition coefficient (Wildman–Crippen LogP) is 0.0637. The predicted molar refractivity (Wildman–Crippen MR) is 69.7 cm³/mol. The van der Waals surface area contributed by atoms with E-state index < -0.39 is 5.97 Å². The number of nitrogen functional groups attached to an aromatic ring is 1. The third-order valence-electron chi connectivity index (χ3n) is 3.37. The fourth-order valence-electron chi connectivity index (χ4n) is 2.29. The van der Waals surface area contributed by atoms with Gasteiger partial charge in [-0.1, -0.05) is 0 Å². The quantitative estimate of drug-likeness (QED) is 0.709. The standard InChI is InChI=1S/C12H16N4O3/c13-10-5-8(12(18)19)9(6-15-10)16-3-1-7(2-4-16)11(14)17/h5-7H,1-4H2,(H2,13,15)(H2,14,17)(H,18,19). The molecule has 5 N–H and O–H groups in total. The van der Waals surface area contributed by atoms with Crippen LogP contribution in [0.15, 0.2) is 12.3 Å². The fraction of sp³-hybridized carbons (Fsp3) is 0.417. The summed E-state index contributed by atoms with van der Waals surface area (Å²) in [5.74, 6) is -1.30. The summed E-state index contributed by atoms with van der Waals surface area (Å²) in [7, 11) is 0. The maximum atomic E-state index is 11.2. The van der Waals surface area contributed by atoms with Gasteiger partial charge in [0.25, 0.3) is 0 Å². The summed E-state index contributed by atoms with van der Waals surface area (Å²) >= 11 is 0. The number of pyridine rings is 1. The molecule has 7 heteroatoms. The number of amides is 1. The van der Waals surface area contributed by atoms with Crippen LogP contribution in [-0.2, 0) is 4.79 Å². The molecule has 0 bridgehead atoms. The third kappa shape index (κ3) is 2.75. The summed E-state index contributed by atoms with van der Waals surface area (Å²) in [5, 5.41) is 9.18. The van der Waals surface area contributed by atoms with Gasteiger partial charge in [-0.2, -0.15) is 0 Å². The lowest BCUT2D eigenvalue weighted by Crippen LogP contribution is -2.39. The summed E-state index contributed by atoms with van der Waals surface area (Å²) in [4.78, 5) is 28.1. The molecule has 7 nitrogen and oxygen atoms in total. The number of aromatic carboxylic acids is 1. The molecule has 0 saturated carbocycles. The Morgan fingerprint density at radius 1 is 1.37 bits per heavy atom. The van der Waals surface area contributed by atoms with Crippen molar-refractivity contribution in [1.82, 2.24) is 4.98 Å². The minimum atomic E-state index is -1.04. The number of nitrogens with two attached hydrogens (primary N) is 2. The van der Waals surface area contributed by atoms with Crippen molar-refractivity contribution >= 4 is 23.4 Å². The van der Waals surface area contributed by atoms with Crippen molar-refractivity contribution in [2.75, 3.05) is 23.7 Å². The van der Waals surface area contributed by atoms with Crippen molar-refractivity contribution in [3.8, 4) is 0 Å². The van der Waals surface area contributed by atoms with Crippen LogP contribution in [0.4, 0.5) is 11.5 Å². The zero-order valence-corrected chi connectivity index (χ0v) is 10.4. The molecule has 1 aliphatic heterocycles. The van der Waals surface area contributed by atoms with E-state index in [-0.39, 0.29) is 23.2 Å². The van der Waals surface area contributed by atoms with Crippen LogP contribution in [0, 0.1) is 5.92 Å². The Labute approximate surface area is 110 Å². The van der Waals surface area contributed by atoms with Gasteiger partial charge in [-0.05, 0) is 18.9 Å². The van der Waals surface area contributed by atoms with E-state index in [9.17, 15) is 14.7 Å². The highest BCUT2D eigenvalue weighted by Gasteiger charge is 2.25. The molecule has 0 atom stereocenters. The second-order valence-electron chi connectivity index (χ2n) is 4.60. The van der Waals surface area contributed by atoms with E-state index in [1.165, 1.54) is 12.3 Å². The van der Waals surface area contributed by atoms with Gasteiger partial charge in [0.15, 0.2) is 0 Å². The van der Waals surface area contributed by atoms with Gasteiger partial charge in [-0.15, -0.1) is 0 Å². The lowest BCUT2D eigenvalue weighted by atomic mass is 9.95. The zero-order chi connectivity index (χ0) is 14.0. The van der Waals surface area contributed by atoms with Gasteiger partial charge in [0, 0.05) is 19.0 Å². The number of hydrogen-bond acceptors (Lipinski definition) is 5. The number of primary amides is 1. The van der Waals surface area contributed by atoms with Crippen LogP contribution in [0.1, 0.15) is 23.2 Å². The molecule has 102 valence electrons. The molecule has 19 heavy (non-hydrogen) atoms. The van der Waals surface area contributed by atoms with Crippen LogP contribution < -0.4 is 16.4 Å². The molecular formula is C12H16N4O3. The number of carboxylic acid groups (broad SMARTS) is 1. The molecule has 2 heterocycles. The van der Waals surface area contributed by atoms with Crippen LogP contribution in [0.3, 0.4) is 0 Å². The molecule has 0 radical (unpaired) electrons. The summed E-state index contributed by atoms with van der Waals surface area (Å²) in [6, 6.07) is 1.35. The van der Waals surface area contributed by atoms with E-state index in [1.807, 2.05) is 4.90 Å². The molecule has 1 amide bonds. The average molecular weight is 264 g/mol. The first-order valence-corrected chi connectivity index (χ1v) is 6.02. The van der Waals surface area contributed by atoms with Crippen LogP contribution in [0.5, 0.6) is 0 Å². The molecule has 0 aromatic carbocycles. The Balaban J connectivity index is 2.20. The molecule has 0 unspecified atom stereocenters. The van der Waals surface area contributed by atoms with Crippen molar-refractivity contribution in [3.05, 3.63) is 17.8 Å². The normalized spacial score (nSPS) is 16.3. The first kappa shape index (κ1) is 13.1.